The number of carbonyl (C=O) groups excluding carboxylic acids is 2. The zero-order chi connectivity index (χ0) is 24.2. The van der Waals surface area contributed by atoms with Crippen LogP contribution in [0.25, 0.3) is 5.69 Å². The second kappa shape index (κ2) is 9.88. The number of hydrogen-bond donors (Lipinski definition) is 2. The summed E-state index contributed by atoms with van der Waals surface area (Å²) < 4.78 is 6.97. The van der Waals surface area contributed by atoms with Gasteiger partial charge in [-0.15, -0.1) is 0 Å². The van der Waals surface area contributed by atoms with Crippen molar-refractivity contribution in [2.45, 2.75) is 32.4 Å². The van der Waals surface area contributed by atoms with E-state index < -0.39 is 12.1 Å². The molecule has 1 aliphatic rings. The van der Waals surface area contributed by atoms with E-state index in [2.05, 4.69) is 15.6 Å². The van der Waals surface area contributed by atoms with E-state index in [0.717, 1.165) is 5.56 Å². The van der Waals surface area contributed by atoms with Crippen LogP contribution in [0.5, 0.6) is 0 Å². The van der Waals surface area contributed by atoms with Gasteiger partial charge in [-0.25, -0.2) is 9.78 Å². The number of aryl methyl sites for hydroxylation is 2. The highest BCUT2D eigenvalue weighted by Gasteiger charge is 2.40. The van der Waals surface area contributed by atoms with Crippen LogP contribution >= 0.6 is 0 Å². The Bertz CT molecular complexity index is 1240. The number of aromatic nitrogens is 2. The minimum absolute atomic E-state index is 0.0967. The Morgan fingerprint density at radius 3 is 2.50 bits per heavy atom. The summed E-state index contributed by atoms with van der Waals surface area (Å²) in [6.07, 6.45) is 3.50. The van der Waals surface area contributed by atoms with Crippen molar-refractivity contribution in [3.05, 3.63) is 82.4 Å². The van der Waals surface area contributed by atoms with E-state index in [1.54, 1.807) is 67.4 Å². The zero-order valence-corrected chi connectivity index (χ0v) is 19.3. The fourth-order valence-electron chi connectivity index (χ4n) is 3.90. The highest BCUT2D eigenvalue weighted by Crippen LogP contribution is 2.23. The SMILES string of the molecule is CO[C@@H]1C[C@H](C(=O)Nc2ccc(-n3cccc(C)c3=O)cc2)N(C(=O)Nc2ccc(C)cn2)C1. The Morgan fingerprint density at radius 2 is 1.82 bits per heavy atom. The monoisotopic (exact) mass is 461 g/mol. The van der Waals surface area contributed by atoms with E-state index in [4.69, 9.17) is 4.74 Å². The Morgan fingerprint density at radius 1 is 1.06 bits per heavy atom. The van der Waals surface area contributed by atoms with Gasteiger partial charge in [0.15, 0.2) is 0 Å². The molecule has 0 saturated carbocycles. The molecule has 34 heavy (non-hydrogen) atoms. The number of carbonyl (C=O) groups is 2. The van der Waals surface area contributed by atoms with Gasteiger partial charge in [0.2, 0.25) is 5.91 Å². The molecule has 176 valence electrons. The summed E-state index contributed by atoms with van der Waals surface area (Å²) in [4.78, 5) is 44.0. The van der Waals surface area contributed by atoms with Crippen molar-refractivity contribution in [2.75, 3.05) is 24.3 Å². The van der Waals surface area contributed by atoms with Crippen molar-refractivity contribution in [1.82, 2.24) is 14.5 Å². The highest BCUT2D eigenvalue weighted by atomic mass is 16.5. The highest BCUT2D eigenvalue weighted by molar-refractivity contribution is 5.99. The average Bonchev–Trinajstić information content (AvgIpc) is 3.28. The van der Waals surface area contributed by atoms with Crippen molar-refractivity contribution in [1.29, 1.82) is 0 Å². The predicted molar refractivity (Wildman–Crippen MR) is 129 cm³/mol. The number of pyridine rings is 2. The van der Waals surface area contributed by atoms with Gasteiger partial charge in [-0.2, -0.15) is 0 Å². The number of rotatable bonds is 5. The van der Waals surface area contributed by atoms with E-state index >= 15 is 0 Å². The molecule has 3 aromatic rings. The molecule has 0 aliphatic carbocycles. The van der Waals surface area contributed by atoms with Gasteiger partial charge in [0, 0.05) is 49.4 Å². The summed E-state index contributed by atoms with van der Waals surface area (Å²) in [5.74, 6) is 0.102. The maximum Gasteiger partial charge on any atom is 0.323 e. The zero-order valence-electron chi connectivity index (χ0n) is 19.3. The second-order valence-corrected chi connectivity index (χ2v) is 8.31. The largest absolute Gasteiger partial charge is 0.380 e. The second-order valence-electron chi connectivity index (χ2n) is 8.31. The lowest BCUT2D eigenvalue weighted by atomic mass is 10.1. The molecule has 4 rings (SSSR count). The van der Waals surface area contributed by atoms with Crippen LogP contribution in [0, 0.1) is 13.8 Å². The van der Waals surface area contributed by atoms with E-state index in [-0.39, 0.29) is 17.6 Å². The molecule has 9 heteroatoms. The van der Waals surface area contributed by atoms with Gasteiger partial charge < -0.3 is 15.0 Å². The topological polar surface area (TPSA) is 106 Å². The van der Waals surface area contributed by atoms with Gasteiger partial charge >= 0.3 is 6.03 Å². The summed E-state index contributed by atoms with van der Waals surface area (Å²) in [6.45, 7) is 3.97. The standard InChI is InChI=1S/C25H27N5O4/c1-16-6-11-22(26-14-16)28-25(33)30-15-20(34-3)13-21(30)23(31)27-18-7-9-19(10-8-18)29-12-4-5-17(2)24(29)32/h4-12,14,20-21H,13,15H2,1-3H3,(H,27,31)(H,26,28,33)/t20-,21-/m1/s1. The average molecular weight is 462 g/mol. The first-order chi connectivity index (χ1) is 16.4. The lowest BCUT2D eigenvalue weighted by Crippen LogP contribution is -2.45. The predicted octanol–water partition coefficient (Wildman–Crippen LogP) is 3.11. The van der Waals surface area contributed by atoms with Crippen LogP contribution in [-0.2, 0) is 9.53 Å². The minimum atomic E-state index is -0.700. The summed E-state index contributed by atoms with van der Waals surface area (Å²) >= 11 is 0. The van der Waals surface area contributed by atoms with Crippen molar-refractivity contribution in [3.8, 4) is 5.69 Å². The van der Waals surface area contributed by atoms with E-state index in [9.17, 15) is 14.4 Å². The number of ether oxygens (including phenoxy) is 1. The molecule has 1 aromatic carbocycles. The van der Waals surface area contributed by atoms with Gasteiger partial charge in [0.05, 0.1) is 6.10 Å². The summed E-state index contributed by atoms with van der Waals surface area (Å²) in [7, 11) is 1.56. The van der Waals surface area contributed by atoms with Crippen molar-refractivity contribution in [3.63, 3.8) is 0 Å². The fourth-order valence-corrected chi connectivity index (χ4v) is 3.90. The molecule has 1 fully saturated rings. The number of hydrogen-bond acceptors (Lipinski definition) is 5. The normalized spacial score (nSPS) is 17.4. The molecule has 1 saturated heterocycles. The third-order valence-electron chi connectivity index (χ3n) is 5.86. The van der Waals surface area contributed by atoms with E-state index in [0.29, 0.717) is 35.7 Å². The molecule has 3 heterocycles. The van der Waals surface area contributed by atoms with E-state index in [1.165, 1.54) is 4.90 Å². The van der Waals surface area contributed by atoms with Gasteiger partial charge in [0.1, 0.15) is 11.9 Å². The van der Waals surface area contributed by atoms with Crippen LogP contribution in [0.1, 0.15) is 17.5 Å². The Kier molecular flexibility index (Phi) is 6.74. The maximum absolute atomic E-state index is 13.1. The Labute approximate surface area is 197 Å². The quantitative estimate of drug-likeness (QED) is 0.607. The number of methoxy groups -OCH3 is 1. The van der Waals surface area contributed by atoms with Gasteiger partial charge in [-0.3, -0.25) is 19.5 Å². The molecule has 0 bridgehead atoms. The van der Waals surface area contributed by atoms with Crippen LogP contribution in [0.15, 0.2) is 65.7 Å². The molecule has 2 aromatic heterocycles. The number of nitrogens with zero attached hydrogens (tertiary/aromatic N) is 3. The smallest absolute Gasteiger partial charge is 0.323 e. The van der Waals surface area contributed by atoms with E-state index in [1.807, 2.05) is 19.1 Å². The molecule has 3 amide bonds. The molecule has 1 aliphatic heterocycles. The van der Waals surface area contributed by atoms with Crippen molar-refractivity contribution < 1.29 is 14.3 Å². The lowest BCUT2D eigenvalue weighted by molar-refractivity contribution is -0.119. The van der Waals surface area contributed by atoms with Crippen LogP contribution < -0.4 is 16.2 Å². The summed E-state index contributed by atoms with van der Waals surface area (Å²) in [5.41, 5.74) is 2.79. The maximum atomic E-state index is 13.1. The van der Waals surface area contributed by atoms with Crippen LogP contribution in [-0.4, -0.2) is 52.2 Å². The fraction of sp³-hybridized carbons (Fsp3) is 0.280. The van der Waals surface area contributed by atoms with Gasteiger partial charge in [-0.1, -0.05) is 12.1 Å². The minimum Gasteiger partial charge on any atom is -0.380 e. The first-order valence-corrected chi connectivity index (χ1v) is 11.0. The molecular formula is C25H27N5O4. The molecule has 2 N–H and O–H groups in total. The Hall–Kier alpha value is -3.98. The molecule has 2 atom stereocenters. The number of anilines is 2. The molecular weight excluding hydrogens is 434 g/mol. The molecule has 9 nitrogen and oxygen atoms in total. The number of benzene rings is 1. The number of nitrogens with one attached hydrogen (secondary N) is 2. The molecule has 0 unspecified atom stereocenters. The van der Waals surface area contributed by atoms with Crippen LogP contribution in [0.3, 0.4) is 0 Å². The third-order valence-corrected chi connectivity index (χ3v) is 5.86. The first-order valence-electron chi connectivity index (χ1n) is 11.0. The Balaban J connectivity index is 1.46. The van der Waals surface area contributed by atoms with Gasteiger partial charge in [-0.05, 0) is 55.8 Å². The van der Waals surface area contributed by atoms with Crippen LogP contribution in [0.2, 0.25) is 0 Å². The summed E-state index contributed by atoms with van der Waals surface area (Å²) in [6, 6.07) is 13.0. The van der Waals surface area contributed by atoms with Crippen molar-refractivity contribution in [2.24, 2.45) is 0 Å². The molecule has 0 radical (unpaired) electrons. The number of amides is 3. The van der Waals surface area contributed by atoms with Crippen molar-refractivity contribution >= 4 is 23.4 Å². The number of urea groups is 1. The lowest BCUT2D eigenvalue weighted by Gasteiger charge is -2.24. The molecule has 0 spiro atoms. The van der Waals surface area contributed by atoms with Crippen LogP contribution in [0.4, 0.5) is 16.3 Å². The van der Waals surface area contributed by atoms with Gasteiger partial charge in [0.25, 0.3) is 5.56 Å². The summed E-state index contributed by atoms with van der Waals surface area (Å²) in [5, 5.41) is 5.62. The number of likely N-dealkylation sites (tertiary alicyclic amines) is 1. The third kappa shape index (κ3) is 4.99. The first kappa shape index (κ1) is 23.2.